The van der Waals surface area contributed by atoms with Gasteiger partial charge < -0.3 is 19.6 Å². The monoisotopic (exact) mass is 432 g/mol. The number of aryl methyl sites for hydroxylation is 2. The Hall–Kier alpha value is -3.06. The van der Waals surface area contributed by atoms with Crippen LogP contribution in [0.2, 0.25) is 0 Å². The average Bonchev–Trinajstić information content (AvgIpc) is 2.71. The van der Waals surface area contributed by atoms with Crippen LogP contribution in [0.3, 0.4) is 0 Å². The summed E-state index contributed by atoms with van der Waals surface area (Å²) in [5, 5.41) is 6.22. The molecule has 7 nitrogen and oxygen atoms in total. The number of alkyl halides is 1. The summed E-state index contributed by atoms with van der Waals surface area (Å²) in [7, 11) is 1.35. The minimum Gasteiger partial charge on any atom is -0.489 e. The molecule has 1 N–H and O–H groups in total. The molecule has 0 aromatic heterocycles. The minimum atomic E-state index is -0.810. The Morgan fingerprint density at radius 3 is 2.60 bits per heavy atom. The van der Waals surface area contributed by atoms with Crippen LogP contribution >= 0.6 is 11.6 Å². The van der Waals surface area contributed by atoms with Gasteiger partial charge in [0.05, 0.1) is 6.54 Å². The van der Waals surface area contributed by atoms with Crippen molar-refractivity contribution in [2.75, 3.05) is 13.7 Å². The van der Waals surface area contributed by atoms with Crippen LogP contribution in [0.15, 0.2) is 47.6 Å². The van der Waals surface area contributed by atoms with Gasteiger partial charge in [0.15, 0.2) is 11.3 Å². The minimum absolute atomic E-state index is 0.0666. The summed E-state index contributed by atoms with van der Waals surface area (Å²) < 4.78 is 10.7. The molecule has 0 spiro atoms. The number of oxime groups is 1. The number of halogens is 1. The molecule has 8 heteroatoms. The van der Waals surface area contributed by atoms with E-state index < -0.39 is 17.4 Å². The summed E-state index contributed by atoms with van der Waals surface area (Å²) in [5.41, 5.74) is 2.66. The molecule has 0 saturated carbocycles. The number of hydrogen-bond donors (Lipinski definition) is 1. The maximum atomic E-state index is 12.7. The van der Waals surface area contributed by atoms with Gasteiger partial charge in [-0.15, -0.1) is 0 Å². The van der Waals surface area contributed by atoms with E-state index in [4.69, 9.17) is 25.9 Å². The van der Waals surface area contributed by atoms with Crippen LogP contribution in [0.25, 0.3) is 0 Å². The molecule has 30 heavy (non-hydrogen) atoms. The highest BCUT2D eigenvalue weighted by molar-refractivity contribution is 6.47. The second-order valence-electron chi connectivity index (χ2n) is 6.56. The van der Waals surface area contributed by atoms with E-state index in [1.165, 1.54) is 14.0 Å². The number of carbonyl (C=O) groups excluding carboxylic acids is 2. The highest BCUT2D eigenvalue weighted by atomic mass is 35.5. The fourth-order valence-corrected chi connectivity index (χ4v) is 2.74. The standard InChI is InChI=1S/C22H25ClN2O5/c1-14-9-10-15(2)20(11-14)29-13-17-7-5-6-8-18(17)21(25-28-4)19(26)12-24-22(27)30-16(3)23/h5-11,16H,12-13H2,1-4H3,(H,24,27). The van der Waals surface area contributed by atoms with Crippen molar-refractivity contribution in [1.82, 2.24) is 5.32 Å². The number of ketones is 1. The first-order chi connectivity index (χ1) is 14.3. The van der Waals surface area contributed by atoms with E-state index in [1.807, 2.05) is 44.2 Å². The van der Waals surface area contributed by atoms with E-state index in [2.05, 4.69) is 10.5 Å². The highest BCUT2D eigenvalue weighted by Gasteiger charge is 2.20. The lowest BCUT2D eigenvalue weighted by atomic mass is 10.0. The molecule has 1 atom stereocenters. The van der Waals surface area contributed by atoms with E-state index in [1.54, 1.807) is 12.1 Å². The van der Waals surface area contributed by atoms with Gasteiger partial charge in [-0.2, -0.15) is 0 Å². The summed E-state index contributed by atoms with van der Waals surface area (Å²) in [6.07, 6.45) is -0.797. The van der Waals surface area contributed by atoms with Gasteiger partial charge >= 0.3 is 6.09 Å². The van der Waals surface area contributed by atoms with E-state index in [-0.39, 0.29) is 18.9 Å². The predicted molar refractivity (Wildman–Crippen MR) is 115 cm³/mol. The third-order valence-electron chi connectivity index (χ3n) is 4.11. The quantitative estimate of drug-likeness (QED) is 0.366. The van der Waals surface area contributed by atoms with Crippen LogP contribution in [0.1, 0.15) is 29.2 Å². The zero-order valence-electron chi connectivity index (χ0n) is 17.4. The molecule has 2 aromatic carbocycles. The molecule has 160 valence electrons. The molecule has 0 aliphatic rings. The van der Waals surface area contributed by atoms with Gasteiger partial charge in [0.2, 0.25) is 5.78 Å². The molecule has 1 amide bonds. The molecule has 0 heterocycles. The van der Waals surface area contributed by atoms with Crippen LogP contribution in [0, 0.1) is 13.8 Å². The van der Waals surface area contributed by atoms with Crippen molar-refractivity contribution in [3.8, 4) is 5.75 Å². The van der Waals surface area contributed by atoms with Crippen molar-refractivity contribution in [3.05, 3.63) is 64.7 Å². The topological polar surface area (TPSA) is 86.2 Å². The SMILES string of the molecule is CON=C(C(=O)CNC(=O)OC(C)Cl)c1ccccc1COc1cc(C)ccc1C. The number of amides is 1. The number of nitrogens with zero attached hydrogens (tertiary/aromatic N) is 1. The van der Waals surface area contributed by atoms with Crippen LogP contribution in [0.4, 0.5) is 4.79 Å². The molecule has 0 aliphatic carbocycles. The zero-order chi connectivity index (χ0) is 22.1. The van der Waals surface area contributed by atoms with Crippen molar-refractivity contribution in [3.63, 3.8) is 0 Å². The Bertz CT molecular complexity index is 927. The van der Waals surface area contributed by atoms with Gasteiger partial charge in [-0.1, -0.05) is 53.2 Å². The number of benzene rings is 2. The Morgan fingerprint density at radius 1 is 1.17 bits per heavy atom. The van der Waals surface area contributed by atoms with E-state index in [0.29, 0.717) is 5.56 Å². The van der Waals surface area contributed by atoms with Crippen molar-refractivity contribution < 1.29 is 23.9 Å². The summed E-state index contributed by atoms with van der Waals surface area (Å²) in [5.74, 6) is 0.316. The molecule has 1 unspecified atom stereocenters. The van der Waals surface area contributed by atoms with Crippen LogP contribution in [0.5, 0.6) is 5.75 Å². The third-order valence-corrected chi connectivity index (χ3v) is 4.20. The first-order valence-electron chi connectivity index (χ1n) is 9.33. The van der Waals surface area contributed by atoms with Crippen molar-refractivity contribution in [1.29, 1.82) is 0 Å². The van der Waals surface area contributed by atoms with Crippen molar-refractivity contribution >= 4 is 29.2 Å². The summed E-state index contributed by atoms with van der Waals surface area (Å²) in [4.78, 5) is 29.2. The molecule has 0 aliphatic heterocycles. The predicted octanol–water partition coefficient (Wildman–Crippen LogP) is 4.11. The second kappa shape index (κ2) is 11.2. The van der Waals surface area contributed by atoms with Gasteiger partial charge in [-0.3, -0.25) is 4.79 Å². The third kappa shape index (κ3) is 6.77. The highest BCUT2D eigenvalue weighted by Crippen LogP contribution is 2.21. The average molecular weight is 433 g/mol. The van der Waals surface area contributed by atoms with E-state index >= 15 is 0 Å². The number of hydrogen-bond acceptors (Lipinski definition) is 6. The molecule has 0 saturated heterocycles. The number of Topliss-reactive ketones (excluding diaryl/α,β-unsaturated/α-hetero) is 1. The lowest BCUT2D eigenvalue weighted by Gasteiger charge is -2.14. The van der Waals surface area contributed by atoms with Crippen molar-refractivity contribution in [2.45, 2.75) is 32.9 Å². The van der Waals surface area contributed by atoms with E-state index in [9.17, 15) is 9.59 Å². The zero-order valence-corrected chi connectivity index (χ0v) is 18.2. The normalized spacial score (nSPS) is 12.1. The van der Waals surface area contributed by atoms with Gasteiger partial charge in [-0.05, 0) is 43.5 Å². The maximum Gasteiger partial charge on any atom is 0.408 e. The van der Waals surface area contributed by atoms with Gasteiger partial charge in [0.1, 0.15) is 19.5 Å². The summed E-state index contributed by atoms with van der Waals surface area (Å²) in [6.45, 7) is 5.36. The molecular formula is C22H25ClN2O5. The Kier molecular flexibility index (Phi) is 8.68. The largest absolute Gasteiger partial charge is 0.489 e. The number of ether oxygens (including phenoxy) is 2. The lowest BCUT2D eigenvalue weighted by molar-refractivity contribution is -0.112. The second-order valence-corrected chi connectivity index (χ2v) is 7.18. The number of carbonyl (C=O) groups is 2. The number of alkyl carbamates (subject to hydrolysis) is 1. The van der Waals surface area contributed by atoms with E-state index in [0.717, 1.165) is 22.4 Å². The first-order valence-corrected chi connectivity index (χ1v) is 9.76. The fourth-order valence-electron chi connectivity index (χ4n) is 2.66. The van der Waals surface area contributed by atoms with Gasteiger partial charge in [0, 0.05) is 5.56 Å². The number of nitrogens with one attached hydrogen (secondary N) is 1. The van der Waals surface area contributed by atoms with Gasteiger partial charge in [-0.25, -0.2) is 4.79 Å². The molecule has 0 radical (unpaired) electrons. The summed E-state index contributed by atoms with van der Waals surface area (Å²) >= 11 is 5.60. The van der Waals surface area contributed by atoms with Crippen LogP contribution in [-0.4, -0.2) is 36.8 Å². The molecule has 2 aromatic rings. The maximum absolute atomic E-state index is 12.7. The molecule has 0 fully saturated rings. The smallest absolute Gasteiger partial charge is 0.408 e. The lowest BCUT2D eigenvalue weighted by Crippen LogP contribution is -2.35. The molecule has 2 rings (SSSR count). The number of rotatable bonds is 9. The summed E-state index contributed by atoms with van der Waals surface area (Å²) in [6, 6.07) is 13.2. The Balaban J connectivity index is 2.18. The van der Waals surface area contributed by atoms with Crippen molar-refractivity contribution in [2.24, 2.45) is 5.16 Å². The van der Waals surface area contributed by atoms with Crippen LogP contribution < -0.4 is 10.1 Å². The van der Waals surface area contributed by atoms with Crippen LogP contribution in [-0.2, 0) is 21.0 Å². The Morgan fingerprint density at radius 2 is 1.90 bits per heavy atom. The molecular weight excluding hydrogens is 408 g/mol. The van der Waals surface area contributed by atoms with Gasteiger partial charge in [0.25, 0.3) is 0 Å². The first kappa shape index (κ1) is 23.2. The fraction of sp³-hybridized carbons (Fsp3) is 0.318. The molecule has 0 bridgehead atoms. The Labute approximate surface area is 181 Å².